The lowest BCUT2D eigenvalue weighted by Gasteiger charge is -2.25. The summed E-state index contributed by atoms with van der Waals surface area (Å²) in [7, 11) is 1.81. The lowest BCUT2D eigenvalue weighted by atomic mass is 9.91. The summed E-state index contributed by atoms with van der Waals surface area (Å²) in [5.74, 6) is 0.821. The molecule has 2 N–H and O–H groups in total. The Hall–Kier alpha value is -1.87. The van der Waals surface area contributed by atoms with Crippen molar-refractivity contribution < 1.29 is 0 Å². The molecule has 5 nitrogen and oxygen atoms in total. The maximum atomic E-state index is 4.34. The summed E-state index contributed by atoms with van der Waals surface area (Å²) in [5.41, 5.74) is 2.56. The van der Waals surface area contributed by atoms with Gasteiger partial charge in [-0.1, -0.05) is 44.2 Å². The highest BCUT2D eigenvalue weighted by Crippen LogP contribution is 2.26. The van der Waals surface area contributed by atoms with Crippen LogP contribution in [0.5, 0.6) is 0 Å². The van der Waals surface area contributed by atoms with E-state index in [0.29, 0.717) is 0 Å². The Labute approximate surface area is 188 Å². The van der Waals surface area contributed by atoms with E-state index in [2.05, 4.69) is 80.8 Å². The monoisotopic (exact) mass is 509 g/mol. The van der Waals surface area contributed by atoms with Crippen molar-refractivity contribution in [2.45, 2.75) is 32.4 Å². The van der Waals surface area contributed by atoms with Gasteiger partial charge in [0.15, 0.2) is 5.96 Å². The molecule has 0 radical (unpaired) electrons. The second-order valence-corrected chi connectivity index (χ2v) is 8.14. The van der Waals surface area contributed by atoms with Crippen molar-refractivity contribution in [2.24, 2.45) is 4.99 Å². The number of aliphatic imine (C=N–C) groups is 1. The van der Waals surface area contributed by atoms with E-state index in [1.54, 1.807) is 17.5 Å². The van der Waals surface area contributed by atoms with Gasteiger partial charge in [0.05, 0.1) is 6.33 Å². The molecule has 0 unspecified atom stereocenters. The summed E-state index contributed by atoms with van der Waals surface area (Å²) in [6.45, 7) is 6.91. The van der Waals surface area contributed by atoms with Gasteiger partial charge >= 0.3 is 0 Å². The zero-order valence-electron chi connectivity index (χ0n) is 16.6. The third-order valence-corrected chi connectivity index (χ3v) is 5.75. The molecule has 150 valence electrons. The van der Waals surface area contributed by atoms with Gasteiger partial charge < -0.3 is 15.2 Å². The van der Waals surface area contributed by atoms with E-state index < -0.39 is 0 Å². The van der Waals surface area contributed by atoms with Crippen LogP contribution in [0, 0.1) is 0 Å². The van der Waals surface area contributed by atoms with E-state index in [4.69, 9.17) is 0 Å². The van der Waals surface area contributed by atoms with Gasteiger partial charge in [-0.15, -0.1) is 35.3 Å². The Morgan fingerprint density at radius 1 is 1.14 bits per heavy atom. The van der Waals surface area contributed by atoms with Crippen molar-refractivity contribution in [1.29, 1.82) is 0 Å². The molecule has 2 heterocycles. The summed E-state index contributed by atoms with van der Waals surface area (Å²) in [4.78, 5) is 9.79. The summed E-state index contributed by atoms with van der Waals surface area (Å²) < 4.78 is 2.06. The number of hydrogen-bond acceptors (Lipinski definition) is 3. The van der Waals surface area contributed by atoms with Crippen molar-refractivity contribution in [3.05, 3.63) is 76.5 Å². The summed E-state index contributed by atoms with van der Waals surface area (Å²) >= 11 is 1.80. The zero-order valence-corrected chi connectivity index (χ0v) is 19.7. The minimum absolute atomic E-state index is 0. The van der Waals surface area contributed by atoms with Crippen molar-refractivity contribution in [3.8, 4) is 0 Å². The van der Waals surface area contributed by atoms with Crippen LogP contribution in [0.4, 0.5) is 0 Å². The molecule has 3 aromatic rings. The Morgan fingerprint density at radius 2 is 1.89 bits per heavy atom. The van der Waals surface area contributed by atoms with Crippen LogP contribution in [0.1, 0.15) is 29.9 Å². The molecular weight excluding hydrogens is 481 g/mol. The largest absolute Gasteiger partial charge is 0.356 e. The van der Waals surface area contributed by atoms with Crippen LogP contribution in [0.3, 0.4) is 0 Å². The van der Waals surface area contributed by atoms with Crippen molar-refractivity contribution >= 4 is 41.3 Å². The predicted octanol–water partition coefficient (Wildman–Crippen LogP) is 4.25. The number of guanidine groups is 1. The third-order valence-electron chi connectivity index (χ3n) is 4.52. The number of halogens is 1. The Morgan fingerprint density at radius 3 is 2.50 bits per heavy atom. The quantitative estimate of drug-likeness (QED) is 0.285. The van der Waals surface area contributed by atoms with E-state index >= 15 is 0 Å². The smallest absolute Gasteiger partial charge is 0.191 e. The van der Waals surface area contributed by atoms with Crippen LogP contribution in [0.25, 0.3) is 0 Å². The van der Waals surface area contributed by atoms with Crippen molar-refractivity contribution in [1.82, 2.24) is 20.2 Å². The SMILES string of the molecule is CN=C(NCc1ccc(Cn2ccnc2)cc1)NCC(C)(C)c1cccs1.I. The number of imidazole rings is 1. The van der Waals surface area contributed by atoms with Gasteiger partial charge in [0.2, 0.25) is 0 Å². The first-order valence-electron chi connectivity index (χ1n) is 9.09. The molecule has 28 heavy (non-hydrogen) atoms. The number of rotatable bonds is 7. The molecule has 0 bridgehead atoms. The number of aromatic nitrogens is 2. The Kier molecular flexibility index (Phi) is 8.50. The van der Waals surface area contributed by atoms with Gasteiger partial charge in [-0.05, 0) is 22.6 Å². The molecule has 0 atom stereocenters. The van der Waals surface area contributed by atoms with Crippen LogP contribution in [-0.4, -0.2) is 29.1 Å². The van der Waals surface area contributed by atoms with E-state index in [9.17, 15) is 0 Å². The summed E-state index contributed by atoms with van der Waals surface area (Å²) in [6.07, 6.45) is 5.61. The highest BCUT2D eigenvalue weighted by atomic mass is 127. The van der Waals surface area contributed by atoms with Gasteiger partial charge in [0, 0.05) is 49.4 Å². The average molecular weight is 509 g/mol. The molecule has 0 amide bonds. The lowest BCUT2D eigenvalue weighted by Crippen LogP contribution is -2.42. The van der Waals surface area contributed by atoms with Crippen LogP contribution in [0.15, 0.2) is 65.5 Å². The fraction of sp³-hybridized carbons (Fsp3) is 0.333. The van der Waals surface area contributed by atoms with Gasteiger partial charge in [0.25, 0.3) is 0 Å². The minimum Gasteiger partial charge on any atom is -0.356 e. The molecule has 0 spiro atoms. The molecule has 0 aliphatic rings. The van der Waals surface area contributed by atoms with Crippen molar-refractivity contribution in [3.63, 3.8) is 0 Å². The van der Waals surface area contributed by atoms with E-state index in [0.717, 1.165) is 25.6 Å². The maximum Gasteiger partial charge on any atom is 0.191 e. The molecule has 0 fully saturated rings. The van der Waals surface area contributed by atoms with Crippen molar-refractivity contribution in [2.75, 3.05) is 13.6 Å². The molecule has 3 rings (SSSR count). The first-order valence-corrected chi connectivity index (χ1v) is 9.97. The highest BCUT2D eigenvalue weighted by Gasteiger charge is 2.21. The second-order valence-electron chi connectivity index (χ2n) is 7.19. The van der Waals surface area contributed by atoms with Crippen LogP contribution in [-0.2, 0) is 18.5 Å². The number of nitrogens with one attached hydrogen (secondary N) is 2. The number of nitrogens with zero attached hydrogens (tertiary/aromatic N) is 3. The Balaban J connectivity index is 0.00000280. The molecule has 0 saturated carbocycles. The normalized spacial score (nSPS) is 11.8. The second kappa shape index (κ2) is 10.6. The first kappa shape index (κ1) is 22.4. The van der Waals surface area contributed by atoms with Gasteiger partial charge in [-0.25, -0.2) is 4.98 Å². The topological polar surface area (TPSA) is 54.2 Å². The Bertz CT molecular complexity index is 840. The fourth-order valence-electron chi connectivity index (χ4n) is 2.82. The van der Waals surface area contributed by atoms with Gasteiger partial charge in [-0.2, -0.15) is 0 Å². The number of thiophene rings is 1. The number of hydrogen-bond donors (Lipinski definition) is 2. The van der Waals surface area contributed by atoms with Gasteiger partial charge in [0.1, 0.15) is 0 Å². The lowest BCUT2D eigenvalue weighted by molar-refractivity contribution is 0.518. The standard InChI is InChI=1S/C21H27N5S.HI/c1-21(2,19-5-4-12-27-19)15-25-20(22-3)24-13-17-6-8-18(9-7-17)14-26-11-10-23-16-26;/h4-12,16H,13-15H2,1-3H3,(H2,22,24,25);1H. The third kappa shape index (κ3) is 6.34. The minimum atomic E-state index is 0. The zero-order chi connectivity index (χ0) is 19.1. The molecule has 0 aliphatic carbocycles. The molecule has 2 aromatic heterocycles. The summed E-state index contributed by atoms with van der Waals surface area (Å²) in [6, 6.07) is 12.9. The molecule has 0 aliphatic heterocycles. The molecule has 0 saturated heterocycles. The van der Waals surface area contributed by atoms with Crippen LogP contribution >= 0.6 is 35.3 Å². The average Bonchev–Trinajstić information content (AvgIpc) is 3.37. The molecule has 7 heteroatoms. The highest BCUT2D eigenvalue weighted by molar-refractivity contribution is 14.0. The first-order chi connectivity index (χ1) is 13.1. The van der Waals surface area contributed by atoms with Crippen LogP contribution < -0.4 is 10.6 Å². The van der Waals surface area contributed by atoms with E-state index in [-0.39, 0.29) is 29.4 Å². The van der Waals surface area contributed by atoms with E-state index in [1.165, 1.54) is 16.0 Å². The van der Waals surface area contributed by atoms with Crippen LogP contribution in [0.2, 0.25) is 0 Å². The summed E-state index contributed by atoms with van der Waals surface area (Å²) in [5, 5.41) is 8.97. The fourth-order valence-corrected chi connectivity index (χ4v) is 3.67. The maximum absolute atomic E-state index is 4.34. The van der Waals surface area contributed by atoms with E-state index in [1.807, 2.05) is 19.6 Å². The predicted molar refractivity (Wildman–Crippen MR) is 129 cm³/mol. The molecular formula is C21H28IN5S. The molecule has 1 aromatic carbocycles. The number of benzene rings is 1. The van der Waals surface area contributed by atoms with Gasteiger partial charge in [-0.3, -0.25) is 4.99 Å².